The maximum absolute atomic E-state index is 11.3. The molecule has 0 atom stereocenters. The molecule has 53 heavy (non-hydrogen) atoms. The summed E-state index contributed by atoms with van der Waals surface area (Å²) in [5.41, 5.74) is 10.9. The second-order valence-corrected chi connectivity index (χ2v) is 11.7. The average molecular weight is 730 g/mol. The molecule has 0 radical (unpaired) electrons. The molecule has 0 aromatic carbocycles. The molecule has 5 rings (SSSR count). The summed E-state index contributed by atoms with van der Waals surface area (Å²) in [5, 5.41) is 1.01. The van der Waals surface area contributed by atoms with E-state index in [1.807, 2.05) is 37.3 Å². The van der Waals surface area contributed by atoms with Crippen molar-refractivity contribution >= 4 is 46.8 Å². The predicted octanol–water partition coefficient (Wildman–Crippen LogP) is 5.98. The molecular formula is C40H51N5O8. The Hall–Kier alpha value is -5.59. The lowest BCUT2D eigenvalue weighted by Crippen LogP contribution is -2.09. The Labute approximate surface area is 311 Å². The van der Waals surface area contributed by atoms with Crippen LogP contribution in [0.25, 0.3) is 11.0 Å². The number of ketones is 1. The normalized spacial score (nSPS) is 11.1. The van der Waals surface area contributed by atoms with Crippen molar-refractivity contribution in [2.45, 2.75) is 91.9 Å². The minimum Gasteiger partial charge on any atom is -0.466 e. The number of pyridine rings is 4. The van der Waals surface area contributed by atoms with E-state index in [0.717, 1.165) is 29.6 Å². The summed E-state index contributed by atoms with van der Waals surface area (Å²) in [4.78, 5) is 70.4. The highest BCUT2D eigenvalue weighted by Crippen LogP contribution is 2.20. The quantitative estimate of drug-likeness (QED) is 0.0962. The Balaban J connectivity index is 0.000000254. The number of hydrogen-bond donors (Lipinski definition) is 1. The fourth-order valence-electron chi connectivity index (χ4n) is 4.87. The third kappa shape index (κ3) is 17.9. The third-order valence-corrected chi connectivity index (χ3v) is 7.52. The number of carbonyl (C=O) groups is 5. The molecule has 1 aliphatic rings. The number of aryl methyl sites for hydroxylation is 4. The van der Waals surface area contributed by atoms with Gasteiger partial charge in [0.15, 0.2) is 11.9 Å². The van der Waals surface area contributed by atoms with Crippen LogP contribution in [-0.4, -0.2) is 69.7 Å². The van der Waals surface area contributed by atoms with Crippen molar-refractivity contribution in [1.82, 2.24) is 19.9 Å². The number of carbonyl (C=O) groups excluding carboxylic acids is 5. The number of Topliss-reactive ketones (excluding diaryl/α,β-unsaturated/α-hetero) is 1. The summed E-state index contributed by atoms with van der Waals surface area (Å²) in [5.74, 6) is -0.305. The zero-order valence-corrected chi connectivity index (χ0v) is 31.2. The van der Waals surface area contributed by atoms with Crippen molar-refractivity contribution in [3.8, 4) is 0 Å². The van der Waals surface area contributed by atoms with Crippen molar-refractivity contribution in [2.75, 3.05) is 25.6 Å². The summed E-state index contributed by atoms with van der Waals surface area (Å²) in [6.45, 7) is 8.09. The minimum atomic E-state index is -0.294. The molecule has 13 nitrogen and oxygen atoms in total. The lowest BCUT2D eigenvalue weighted by Gasteiger charge is -2.15. The van der Waals surface area contributed by atoms with Gasteiger partial charge >= 0.3 is 17.9 Å². The first-order valence-electron chi connectivity index (χ1n) is 17.9. The maximum Gasteiger partial charge on any atom is 0.306 e. The number of nitrogen functional groups attached to an aromatic ring is 1. The van der Waals surface area contributed by atoms with Crippen molar-refractivity contribution in [2.24, 2.45) is 0 Å². The number of esters is 3. The number of aromatic nitrogens is 4. The number of ether oxygens (including phenoxy) is 3. The first kappa shape index (κ1) is 43.6. The number of fused-ring (bicyclic) bond motifs is 2. The summed E-state index contributed by atoms with van der Waals surface area (Å²) < 4.78 is 14.4. The molecule has 0 bridgehead atoms. The van der Waals surface area contributed by atoms with Gasteiger partial charge in [0.2, 0.25) is 0 Å². The van der Waals surface area contributed by atoms with Crippen LogP contribution in [0.2, 0.25) is 0 Å². The molecule has 0 spiro atoms. The van der Waals surface area contributed by atoms with Gasteiger partial charge in [0, 0.05) is 54.1 Å². The monoisotopic (exact) mass is 729 g/mol. The van der Waals surface area contributed by atoms with E-state index >= 15 is 0 Å². The van der Waals surface area contributed by atoms with Crippen LogP contribution in [0.5, 0.6) is 0 Å². The molecule has 13 heteroatoms. The van der Waals surface area contributed by atoms with Crippen LogP contribution in [0.1, 0.15) is 99.2 Å². The molecule has 0 aliphatic heterocycles. The number of rotatable bonds is 13. The van der Waals surface area contributed by atoms with E-state index in [-0.39, 0.29) is 35.9 Å². The van der Waals surface area contributed by atoms with Crippen LogP contribution in [0.3, 0.4) is 0 Å². The number of hydrogen-bond acceptors (Lipinski definition) is 13. The SMILES string of the molecule is CCOC(=O)CCC(C)=O.CCOC(=O)CCc1ccc2c(n1)CCCC2.CCOC(=O)CCc1ccc2cccnc2n1.Nc1ncccc1C=O. The fraction of sp³-hybridized carbons (Fsp3) is 0.425. The van der Waals surface area contributed by atoms with E-state index in [2.05, 4.69) is 30.7 Å². The van der Waals surface area contributed by atoms with Gasteiger partial charge < -0.3 is 24.7 Å². The standard InChI is InChI=1S/C14H19NO2.C13H14N2O2.C7H12O3.C6H6N2O/c1-2-17-14(16)10-9-12-8-7-11-5-3-4-6-13(11)15-12;1-2-17-12(16)8-7-11-6-5-10-4-3-9-14-13(10)15-11;1-3-10-7(9)5-4-6(2)8;7-6-5(4-9)2-1-3-8-6/h7-8H,2-6,9-10H2,1H3;3-6,9H,2,7-8H2,1H3;3-5H2,1-2H3;1-4H,(H2,7,8). The van der Waals surface area contributed by atoms with E-state index in [9.17, 15) is 24.0 Å². The molecule has 1 aliphatic carbocycles. The predicted molar refractivity (Wildman–Crippen MR) is 201 cm³/mol. The topological polar surface area (TPSA) is 191 Å². The maximum atomic E-state index is 11.3. The second-order valence-electron chi connectivity index (χ2n) is 11.7. The van der Waals surface area contributed by atoms with Crippen molar-refractivity contribution in [3.63, 3.8) is 0 Å². The van der Waals surface area contributed by atoms with Crippen LogP contribution in [0, 0.1) is 0 Å². The Morgan fingerprint density at radius 1 is 0.698 bits per heavy atom. The van der Waals surface area contributed by atoms with E-state index in [1.165, 1.54) is 31.0 Å². The third-order valence-electron chi connectivity index (χ3n) is 7.52. The first-order chi connectivity index (χ1) is 25.6. The number of aldehydes is 1. The molecule has 0 unspecified atom stereocenters. The van der Waals surface area contributed by atoms with Crippen LogP contribution in [-0.2, 0) is 59.1 Å². The molecular weight excluding hydrogens is 678 g/mol. The van der Waals surface area contributed by atoms with Gasteiger partial charge in [0.05, 0.1) is 44.6 Å². The van der Waals surface area contributed by atoms with Crippen molar-refractivity contribution in [1.29, 1.82) is 0 Å². The van der Waals surface area contributed by atoms with Gasteiger partial charge in [-0.1, -0.05) is 6.07 Å². The zero-order chi connectivity index (χ0) is 38.8. The highest BCUT2D eigenvalue weighted by atomic mass is 16.5. The van der Waals surface area contributed by atoms with Gasteiger partial charge in [0.25, 0.3) is 0 Å². The van der Waals surface area contributed by atoms with Crippen molar-refractivity contribution in [3.05, 3.63) is 89.1 Å². The lowest BCUT2D eigenvalue weighted by atomic mass is 9.95. The first-order valence-corrected chi connectivity index (χ1v) is 17.9. The van der Waals surface area contributed by atoms with Crippen LogP contribution < -0.4 is 5.73 Å². The van der Waals surface area contributed by atoms with E-state index in [4.69, 9.17) is 15.2 Å². The number of anilines is 1. The molecule has 0 fully saturated rings. The number of nitrogens with two attached hydrogens (primary N) is 1. The molecule has 284 valence electrons. The van der Waals surface area contributed by atoms with Gasteiger partial charge in [0.1, 0.15) is 11.6 Å². The summed E-state index contributed by atoms with van der Waals surface area (Å²) in [6, 6.07) is 15.2. The molecule has 0 saturated carbocycles. The van der Waals surface area contributed by atoms with Gasteiger partial charge in [-0.05, 0) is 101 Å². The van der Waals surface area contributed by atoms with E-state index in [1.54, 1.807) is 38.4 Å². The second kappa shape index (κ2) is 25.4. The average Bonchev–Trinajstić information content (AvgIpc) is 3.16. The smallest absolute Gasteiger partial charge is 0.306 e. The van der Waals surface area contributed by atoms with Crippen molar-refractivity contribution < 1.29 is 38.2 Å². The van der Waals surface area contributed by atoms with Gasteiger partial charge in [-0.25, -0.2) is 15.0 Å². The molecule has 4 heterocycles. The largest absolute Gasteiger partial charge is 0.466 e. The molecule has 0 amide bonds. The van der Waals surface area contributed by atoms with Crippen LogP contribution in [0.15, 0.2) is 60.9 Å². The Bertz CT molecular complexity index is 1760. The summed E-state index contributed by atoms with van der Waals surface area (Å²) >= 11 is 0. The van der Waals surface area contributed by atoms with Crippen LogP contribution >= 0.6 is 0 Å². The molecule has 0 saturated heterocycles. The fourth-order valence-corrected chi connectivity index (χ4v) is 4.87. The Morgan fingerprint density at radius 2 is 1.26 bits per heavy atom. The van der Waals surface area contributed by atoms with E-state index in [0.29, 0.717) is 69.4 Å². The summed E-state index contributed by atoms with van der Waals surface area (Å²) in [6.07, 6.45) is 11.3. The molecule has 4 aromatic heterocycles. The highest BCUT2D eigenvalue weighted by molar-refractivity contribution is 5.81. The lowest BCUT2D eigenvalue weighted by molar-refractivity contribution is -0.144. The Morgan fingerprint density at radius 3 is 1.85 bits per heavy atom. The highest BCUT2D eigenvalue weighted by Gasteiger charge is 2.12. The van der Waals surface area contributed by atoms with Gasteiger partial charge in [-0.3, -0.25) is 24.2 Å². The van der Waals surface area contributed by atoms with Gasteiger partial charge in [-0.2, -0.15) is 0 Å². The van der Waals surface area contributed by atoms with Gasteiger partial charge in [-0.15, -0.1) is 0 Å². The zero-order valence-electron chi connectivity index (χ0n) is 31.2. The Kier molecular flexibility index (Phi) is 20.9. The van der Waals surface area contributed by atoms with E-state index < -0.39 is 0 Å². The minimum absolute atomic E-state index is 0.0213. The number of nitrogens with zero attached hydrogens (tertiary/aromatic N) is 4. The molecule has 2 N–H and O–H groups in total. The summed E-state index contributed by atoms with van der Waals surface area (Å²) in [7, 11) is 0. The van der Waals surface area contributed by atoms with Crippen LogP contribution in [0.4, 0.5) is 5.82 Å². The molecule has 4 aromatic rings.